The first-order valence-corrected chi connectivity index (χ1v) is 9.58. The number of nitrogens with zero attached hydrogens (tertiary/aromatic N) is 2. The fourth-order valence-corrected chi connectivity index (χ4v) is 3.45. The molecule has 0 radical (unpaired) electrons. The Morgan fingerprint density at radius 1 is 1.00 bits per heavy atom. The molecular formula is C22H16N2O3S. The summed E-state index contributed by atoms with van der Waals surface area (Å²) in [7, 11) is 0. The lowest BCUT2D eigenvalue weighted by Crippen LogP contribution is -1.97. The van der Waals surface area contributed by atoms with Crippen molar-refractivity contribution in [3.05, 3.63) is 82.9 Å². The molecule has 4 rings (SSSR count). The first kappa shape index (κ1) is 17.9. The summed E-state index contributed by atoms with van der Waals surface area (Å²) in [6.45, 7) is 0. The van der Waals surface area contributed by atoms with Gasteiger partial charge in [-0.15, -0.1) is 0 Å². The van der Waals surface area contributed by atoms with E-state index < -0.39 is 5.97 Å². The molecule has 28 heavy (non-hydrogen) atoms. The highest BCUT2D eigenvalue weighted by molar-refractivity contribution is 7.08. The van der Waals surface area contributed by atoms with Crippen molar-refractivity contribution < 1.29 is 14.4 Å². The molecule has 0 amide bonds. The van der Waals surface area contributed by atoms with Crippen LogP contribution in [0, 0.1) is 0 Å². The van der Waals surface area contributed by atoms with E-state index in [4.69, 9.17) is 4.52 Å². The summed E-state index contributed by atoms with van der Waals surface area (Å²) in [4.78, 5) is 15.7. The van der Waals surface area contributed by atoms with Gasteiger partial charge >= 0.3 is 5.97 Å². The monoisotopic (exact) mass is 388 g/mol. The number of carbonyl (C=O) groups is 1. The molecule has 138 valence electrons. The molecular weight excluding hydrogens is 372 g/mol. The molecule has 0 aliphatic heterocycles. The smallest absolute Gasteiger partial charge is 0.308 e. The van der Waals surface area contributed by atoms with Crippen LogP contribution in [-0.2, 0) is 4.79 Å². The second-order valence-electron chi connectivity index (χ2n) is 6.16. The molecule has 0 spiro atoms. The highest BCUT2D eigenvalue weighted by Gasteiger charge is 2.16. The second kappa shape index (κ2) is 8.02. The molecule has 1 N–H and O–H groups in total. The molecule has 0 aliphatic carbocycles. The van der Waals surface area contributed by atoms with Gasteiger partial charge in [0.2, 0.25) is 5.82 Å². The van der Waals surface area contributed by atoms with Crippen LogP contribution >= 0.6 is 11.3 Å². The summed E-state index contributed by atoms with van der Waals surface area (Å²) in [5, 5.41) is 17.1. The number of aromatic nitrogens is 2. The highest BCUT2D eigenvalue weighted by atomic mass is 32.1. The van der Waals surface area contributed by atoms with Crippen LogP contribution in [0.4, 0.5) is 0 Å². The summed E-state index contributed by atoms with van der Waals surface area (Å²) in [5.74, 6) is -0.287. The highest BCUT2D eigenvalue weighted by Crippen LogP contribution is 2.26. The van der Waals surface area contributed by atoms with Crippen molar-refractivity contribution in [2.75, 3.05) is 0 Å². The van der Waals surface area contributed by atoms with E-state index in [0.29, 0.717) is 11.4 Å². The van der Waals surface area contributed by atoms with E-state index in [1.807, 2.05) is 71.4 Å². The first-order chi connectivity index (χ1) is 13.7. The van der Waals surface area contributed by atoms with Gasteiger partial charge in [-0.3, -0.25) is 4.79 Å². The van der Waals surface area contributed by atoms with Gasteiger partial charge in [-0.1, -0.05) is 59.8 Å². The van der Waals surface area contributed by atoms with E-state index in [1.54, 1.807) is 6.08 Å². The van der Waals surface area contributed by atoms with Crippen molar-refractivity contribution in [2.24, 2.45) is 0 Å². The van der Waals surface area contributed by atoms with Crippen LogP contribution in [0.1, 0.15) is 17.9 Å². The maximum atomic E-state index is 11.3. The topological polar surface area (TPSA) is 76.2 Å². The number of hydrogen-bond donors (Lipinski definition) is 1. The summed E-state index contributed by atoms with van der Waals surface area (Å²) in [6.07, 6.45) is 1.57. The Morgan fingerprint density at radius 2 is 1.75 bits per heavy atom. The summed E-state index contributed by atoms with van der Waals surface area (Å²) < 4.78 is 5.33. The van der Waals surface area contributed by atoms with Gasteiger partial charge in [-0.25, -0.2) is 0 Å². The van der Waals surface area contributed by atoms with Crippen LogP contribution in [0.2, 0.25) is 0 Å². The van der Waals surface area contributed by atoms with Gasteiger partial charge in [0.25, 0.3) is 5.89 Å². The minimum absolute atomic E-state index is 0.203. The fourth-order valence-electron chi connectivity index (χ4n) is 2.82. The quantitative estimate of drug-likeness (QED) is 0.473. The van der Waals surface area contributed by atoms with E-state index in [0.717, 1.165) is 22.3 Å². The minimum atomic E-state index is -0.956. The molecule has 5 nitrogen and oxygen atoms in total. The Labute approximate surface area is 165 Å². The van der Waals surface area contributed by atoms with Crippen molar-refractivity contribution in [2.45, 2.75) is 6.42 Å². The van der Waals surface area contributed by atoms with Gasteiger partial charge in [-0.2, -0.15) is 16.3 Å². The number of carboxylic acids is 1. The van der Waals surface area contributed by atoms with Crippen molar-refractivity contribution in [3.63, 3.8) is 0 Å². The van der Waals surface area contributed by atoms with Crippen LogP contribution in [0.15, 0.2) is 75.9 Å². The molecule has 0 bridgehead atoms. The number of rotatable bonds is 6. The van der Waals surface area contributed by atoms with Crippen molar-refractivity contribution >= 4 is 29.0 Å². The van der Waals surface area contributed by atoms with Gasteiger partial charge in [0, 0.05) is 16.5 Å². The minimum Gasteiger partial charge on any atom is -0.481 e. The van der Waals surface area contributed by atoms with E-state index in [-0.39, 0.29) is 12.3 Å². The molecule has 2 heterocycles. The molecule has 0 aliphatic rings. The normalized spacial score (nSPS) is 11.5. The number of hydrogen-bond acceptors (Lipinski definition) is 5. The van der Waals surface area contributed by atoms with E-state index in [1.165, 1.54) is 11.3 Å². The van der Waals surface area contributed by atoms with E-state index in [9.17, 15) is 9.90 Å². The average molecular weight is 388 g/mol. The van der Waals surface area contributed by atoms with Crippen molar-refractivity contribution in [1.82, 2.24) is 10.1 Å². The molecule has 0 saturated carbocycles. The molecule has 4 aromatic rings. The molecule has 2 aromatic heterocycles. The average Bonchev–Trinajstić information content (AvgIpc) is 3.40. The Balaban J connectivity index is 1.64. The number of aliphatic carboxylic acids is 1. The van der Waals surface area contributed by atoms with E-state index in [2.05, 4.69) is 10.1 Å². The van der Waals surface area contributed by atoms with Crippen LogP contribution in [-0.4, -0.2) is 21.2 Å². The van der Waals surface area contributed by atoms with Crippen molar-refractivity contribution in [1.29, 1.82) is 0 Å². The number of thiophene rings is 1. The zero-order valence-electron chi connectivity index (χ0n) is 14.8. The molecule has 0 unspecified atom stereocenters. The zero-order chi connectivity index (χ0) is 19.3. The lowest BCUT2D eigenvalue weighted by atomic mass is 10.0. The van der Waals surface area contributed by atoms with Crippen LogP contribution in [0.3, 0.4) is 0 Å². The lowest BCUT2D eigenvalue weighted by molar-refractivity contribution is -0.135. The van der Waals surface area contributed by atoms with E-state index >= 15 is 0 Å². The van der Waals surface area contributed by atoms with Gasteiger partial charge in [0.05, 0.1) is 6.42 Å². The second-order valence-corrected chi connectivity index (χ2v) is 6.94. The Bertz CT molecular complexity index is 1100. The van der Waals surface area contributed by atoms with Gasteiger partial charge < -0.3 is 9.63 Å². The maximum Gasteiger partial charge on any atom is 0.308 e. The van der Waals surface area contributed by atoms with Crippen LogP contribution in [0.5, 0.6) is 0 Å². The predicted molar refractivity (Wildman–Crippen MR) is 110 cm³/mol. The molecule has 0 atom stereocenters. The standard InChI is InChI=1S/C22H16N2O3S/c25-20(26)13-19(22-23-21(24-27-22)18-10-11-28-14-18)12-15-6-8-17(9-7-15)16-4-2-1-3-5-16/h1-12,14H,13H2,(H,25,26)/b19-12+. The van der Waals surface area contributed by atoms with Gasteiger partial charge in [0.15, 0.2) is 0 Å². The maximum absolute atomic E-state index is 11.3. The molecule has 6 heteroatoms. The fraction of sp³-hybridized carbons (Fsp3) is 0.0455. The molecule has 2 aromatic carbocycles. The number of benzene rings is 2. The van der Waals surface area contributed by atoms with Crippen molar-refractivity contribution in [3.8, 4) is 22.5 Å². The molecule has 0 fully saturated rings. The number of carboxylic acid groups (broad SMARTS) is 1. The summed E-state index contributed by atoms with van der Waals surface area (Å²) in [6, 6.07) is 19.9. The molecule has 0 saturated heterocycles. The third kappa shape index (κ3) is 4.07. The summed E-state index contributed by atoms with van der Waals surface area (Å²) >= 11 is 1.53. The first-order valence-electron chi connectivity index (χ1n) is 8.63. The summed E-state index contributed by atoms with van der Waals surface area (Å²) in [5.41, 5.74) is 4.40. The zero-order valence-corrected chi connectivity index (χ0v) is 15.6. The van der Waals surface area contributed by atoms with Gasteiger partial charge in [-0.05, 0) is 34.2 Å². The Hall–Kier alpha value is -3.51. The predicted octanol–water partition coefficient (Wildman–Crippen LogP) is 5.48. The van der Waals surface area contributed by atoms with Gasteiger partial charge in [0.1, 0.15) is 0 Å². The third-order valence-corrected chi connectivity index (χ3v) is 4.86. The largest absolute Gasteiger partial charge is 0.481 e. The van der Waals surface area contributed by atoms with Crippen LogP contribution < -0.4 is 0 Å². The Kier molecular flexibility index (Phi) is 5.12. The van der Waals surface area contributed by atoms with Crippen LogP contribution in [0.25, 0.3) is 34.2 Å². The lowest BCUT2D eigenvalue weighted by Gasteiger charge is -2.03. The SMILES string of the molecule is O=C(O)C/C(=C\c1ccc(-c2ccccc2)cc1)c1nc(-c2ccsc2)no1. The Morgan fingerprint density at radius 3 is 2.43 bits per heavy atom. The third-order valence-electron chi connectivity index (χ3n) is 4.18.